The van der Waals surface area contributed by atoms with Crippen LogP contribution in [-0.4, -0.2) is 23.1 Å². The van der Waals surface area contributed by atoms with Crippen LogP contribution < -0.4 is 5.32 Å². The molecule has 0 saturated carbocycles. The van der Waals surface area contributed by atoms with Crippen molar-refractivity contribution in [2.24, 2.45) is 7.05 Å². The van der Waals surface area contributed by atoms with E-state index in [9.17, 15) is 9.59 Å². The van der Waals surface area contributed by atoms with Gasteiger partial charge in [0.05, 0.1) is 6.04 Å². The van der Waals surface area contributed by atoms with Gasteiger partial charge in [0, 0.05) is 23.3 Å². The number of esters is 1. The van der Waals surface area contributed by atoms with Gasteiger partial charge in [0.2, 0.25) is 0 Å². The molecule has 122 valence electrons. The predicted molar refractivity (Wildman–Crippen MR) is 88.7 cm³/mol. The molecule has 0 saturated heterocycles. The molecule has 0 spiro atoms. The molecule has 0 fully saturated rings. The third-order valence-corrected chi connectivity index (χ3v) is 3.86. The molecular weight excluding hydrogens is 339 g/mol. The minimum atomic E-state index is -0.551. The lowest BCUT2D eigenvalue weighted by molar-refractivity contribution is -0.124. The first-order chi connectivity index (χ1) is 10.9. The van der Waals surface area contributed by atoms with Crippen LogP contribution in [0.25, 0.3) is 0 Å². The van der Waals surface area contributed by atoms with Crippen molar-refractivity contribution in [1.82, 2.24) is 9.88 Å². The number of aryl methyl sites for hydroxylation is 1. The largest absolute Gasteiger partial charge is 0.451 e. The van der Waals surface area contributed by atoms with Gasteiger partial charge in [-0.05, 0) is 36.8 Å². The summed E-state index contributed by atoms with van der Waals surface area (Å²) in [4.78, 5) is 23.7. The number of halogens is 2. The van der Waals surface area contributed by atoms with Crippen molar-refractivity contribution in [1.29, 1.82) is 0 Å². The minimum Gasteiger partial charge on any atom is -0.451 e. The second kappa shape index (κ2) is 7.53. The first-order valence-corrected chi connectivity index (χ1v) is 7.67. The lowest BCUT2D eigenvalue weighted by Gasteiger charge is -2.16. The van der Waals surface area contributed by atoms with Crippen LogP contribution in [0.2, 0.25) is 10.0 Å². The number of hydrogen-bond donors (Lipinski definition) is 1. The minimum absolute atomic E-state index is 0.332. The van der Waals surface area contributed by atoms with E-state index in [2.05, 4.69) is 5.32 Å². The first kappa shape index (κ1) is 17.4. The van der Waals surface area contributed by atoms with E-state index in [-0.39, 0.29) is 12.6 Å². The van der Waals surface area contributed by atoms with Crippen LogP contribution in [0.5, 0.6) is 0 Å². The molecule has 5 nitrogen and oxygen atoms in total. The highest BCUT2D eigenvalue weighted by atomic mass is 35.5. The summed E-state index contributed by atoms with van der Waals surface area (Å²) < 4.78 is 6.61. The van der Waals surface area contributed by atoms with Crippen LogP contribution in [0, 0.1) is 0 Å². The number of aromatic nitrogens is 1. The van der Waals surface area contributed by atoms with Crippen molar-refractivity contribution in [3.05, 3.63) is 57.8 Å². The molecule has 1 amide bonds. The van der Waals surface area contributed by atoms with Crippen LogP contribution in [0.1, 0.15) is 29.0 Å². The molecule has 0 unspecified atom stereocenters. The maximum Gasteiger partial charge on any atom is 0.355 e. The van der Waals surface area contributed by atoms with Gasteiger partial charge >= 0.3 is 5.97 Å². The van der Waals surface area contributed by atoms with E-state index < -0.39 is 11.9 Å². The monoisotopic (exact) mass is 354 g/mol. The number of nitrogens with zero attached hydrogens (tertiary/aromatic N) is 1. The average molecular weight is 355 g/mol. The predicted octanol–water partition coefficient (Wildman–Crippen LogP) is 3.37. The lowest BCUT2D eigenvalue weighted by atomic mass is 10.1. The Balaban J connectivity index is 1.89. The van der Waals surface area contributed by atoms with Crippen molar-refractivity contribution < 1.29 is 14.3 Å². The van der Waals surface area contributed by atoms with Crippen molar-refractivity contribution in [3.63, 3.8) is 0 Å². The smallest absolute Gasteiger partial charge is 0.355 e. The molecule has 0 aliphatic heterocycles. The van der Waals surface area contributed by atoms with E-state index in [0.717, 1.165) is 5.56 Å². The quantitative estimate of drug-likeness (QED) is 0.837. The van der Waals surface area contributed by atoms with Crippen LogP contribution in [0.4, 0.5) is 0 Å². The zero-order valence-electron chi connectivity index (χ0n) is 12.7. The molecule has 0 aliphatic rings. The Morgan fingerprint density at radius 2 is 2.04 bits per heavy atom. The van der Waals surface area contributed by atoms with Gasteiger partial charge < -0.3 is 14.6 Å². The number of carbonyl (C=O) groups is 2. The summed E-state index contributed by atoms with van der Waals surface area (Å²) in [5.41, 5.74) is 1.12. The van der Waals surface area contributed by atoms with Gasteiger partial charge in [-0.3, -0.25) is 4.79 Å². The number of carbonyl (C=O) groups excluding carboxylic acids is 2. The van der Waals surface area contributed by atoms with Gasteiger partial charge in [0.15, 0.2) is 6.61 Å². The van der Waals surface area contributed by atoms with Gasteiger partial charge in [0.1, 0.15) is 5.69 Å². The van der Waals surface area contributed by atoms with Crippen LogP contribution >= 0.6 is 23.2 Å². The molecule has 1 N–H and O–H groups in total. The fourth-order valence-corrected chi connectivity index (χ4v) is 2.66. The van der Waals surface area contributed by atoms with Crippen molar-refractivity contribution in [2.45, 2.75) is 13.0 Å². The fourth-order valence-electron chi connectivity index (χ4n) is 2.09. The molecule has 0 aliphatic carbocycles. The third kappa shape index (κ3) is 4.50. The van der Waals surface area contributed by atoms with Crippen LogP contribution in [0.15, 0.2) is 36.5 Å². The summed E-state index contributed by atoms with van der Waals surface area (Å²) in [5.74, 6) is -0.962. The van der Waals surface area contributed by atoms with Crippen LogP contribution in [0.3, 0.4) is 0 Å². The Bertz CT molecular complexity index is 728. The van der Waals surface area contributed by atoms with E-state index in [0.29, 0.717) is 15.7 Å². The molecule has 0 bridgehead atoms. The van der Waals surface area contributed by atoms with E-state index >= 15 is 0 Å². The average Bonchev–Trinajstić information content (AvgIpc) is 2.90. The van der Waals surface area contributed by atoms with Gasteiger partial charge in [0.25, 0.3) is 5.91 Å². The summed E-state index contributed by atoms with van der Waals surface area (Å²) in [6, 6.07) is 8.06. The van der Waals surface area contributed by atoms with Gasteiger partial charge in [-0.15, -0.1) is 0 Å². The normalized spacial score (nSPS) is 11.8. The zero-order valence-corrected chi connectivity index (χ0v) is 14.2. The molecule has 7 heteroatoms. The maximum atomic E-state index is 11.9. The Morgan fingerprint density at radius 3 is 2.65 bits per heavy atom. The highest BCUT2D eigenvalue weighted by Gasteiger charge is 2.16. The molecule has 1 aromatic carbocycles. The molecular formula is C16H16Cl2N2O3. The highest BCUT2D eigenvalue weighted by molar-refractivity contribution is 6.35. The number of amides is 1. The molecule has 2 rings (SSSR count). The standard InChI is InChI=1S/C16H16Cl2N2O3/c1-10(12-6-5-11(17)8-13(12)18)19-15(21)9-23-16(22)14-4-3-7-20(14)2/h3-8,10H,9H2,1-2H3,(H,19,21)/t10-/m1/s1. The first-order valence-electron chi connectivity index (χ1n) is 6.91. The van der Waals surface area contributed by atoms with E-state index in [1.54, 1.807) is 55.1 Å². The van der Waals surface area contributed by atoms with Gasteiger partial charge in [-0.1, -0.05) is 29.3 Å². The van der Waals surface area contributed by atoms with Crippen molar-refractivity contribution >= 4 is 35.1 Å². The molecule has 23 heavy (non-hydrogen) atoms. The molecule has 1 heterocycles. The lowest BCUT2D eigenvalue weighted by Crippen LogP contribution is -2.31. The van der Waals surface area contributed by atoms with E-state index in [1.165, 1.54) is 0 Å². The second-order valence-electron chi connectivity index (χ2n) is 5.04. The van der Waals surface area contributed by atoms with Crippen LogP contribution in [-0.2, 0) is 16.6 Å². The summed E-state index contributed by atoms with van der Waals surface area (Å²) in [6.07, 6.45) is 1.72. The molecule has 2 aromatic rings. The van der Waals surface area contributed by atoms with Crippen molar-refractivity contribution in [3.8, 4) is 0 Å². The van der Waals surface area contributed by atoms with Crippen molar-refractivity contribution in [2.75, 3.05) is 6.61 Å². The Morgan fingerprint density at radius 1 is 1.30 bits per heavy atom. The number of nitrogens with one attached hydrogen (secondary N) is 1. The maximum absolute atomic E-state index is 11.9. The number of benzene rings is 1. The van der Waals surface area contributed by atoms with Gasteiger partial charge in [-0.2, -0.15) is 0 Å². The Hall–Kier alpha value is -1.98. The molecule has 0 radical (unpaired) electrons. The van der Waals surface area contributed by atoms with E-state index in [4.69, 9.17) is 27.9 Å². The number of ether oxygens (including phenoxy) is 1. The fraction of sp³-hybridized carbons (Fsp3) is 0.250. The summed E-state index contributed by atoms with van der Waals surface area (Å²) >= 11 is 11.9. The summed E-state index contributed by atoms with van der Waals surface area (Å²) in [6.45, 7) is 1.42. The SMILES string of the molecule is C[C@@H](NC(=O)COC(=O)c1cccn1C)c1ccc(Cl)cc1Cl. The Labute approximate surface area is 144 Å². The molecule has 1 atom stereocenters. The molecule has 1 aromatic heterocycles. The zero-order chi connectivity index (χ0) is 17.0. The van der Waals surface area contributed by atoms with Gasteiger partial charge in [-0.25, -0.2) is 4.79 Å². The second-order valence-corrected chi connectivity index (χ2v) is 5.88. The number of hydrogen-bond acceptors (Lipinski definition) is 3. The summed E-state index contributed by atoms with van der Waals surface area (Å²) in [5, 5.41) is 3.71. The highest BCUT2D eigenvalue weighted by Crippen LogP contribution is 2.25. The third-order valence-electron chi connectivity index (χ3n) is 3.29. The topological polar surface area (TPSA) is 60.3 Å². The summed E-state index contributed by atoms with van der Waals surface area (Å²) in [7, 11) is 1.72. The number of rotatable bonds is 5. The van der Waals surface area contributed by atoms with E-state index in [1.807, 2.05) is 0 Å². The Kier molecular flexibility index (Phi) is 5.69.